The molecule has 2 atom stereocenters. The standard InChI is InChI=1S/C37H72NO8P/c1-6-8-10-12-14-16-18-20-22-24-26-28-30-37(40)46-35(34-45-47(41,42)44-32-31-38(3,4)5)33-43-36(39)29-27-25-23-21-19-17-15-13-11-9-7-2/h14,16,35H,6-13,15,17-34H2,1-5H3/p+1/b16-14+/t35-/m1/s1. The molecule has 0 spiro atoms. The number of nitrogens with zero attached hydrogens (tertiary/aromatic N) is 1. The van der Waals surface area contributed by atoms with Crippen LogP contribution in [0.4, 0.5) is 0 Å². The number of esters is 2. The number of phosphoric ester groups is 1. The van der Waals surface area contributed by atoms with Crippen molar-refractivity contribution >= 4 is 19.8 Å². The monoisotopic (exact) mass is 691 g/mol. The van der Waals surface area contributed by atoms with Gasteiger partial charge in [0.25, 0.3) is 0 Å². The molecule has 0 saturated carbocycles. The molecule has 0 aromatic rings. The lowest BCUT2D eigenvalue weighted by atomic mass is 10.1. The van der Waals surface area contributed by atoms with Gasteiger partial charge in [0.05, 0.1) is 27.7 Å². The van der Waals surface area contributed by atoms with E-state index < -0.39 is 26.5 Å². The van der Waals surface area contributed by atoms with E-state index in [4.69, 9.17) is 18.5 Å². The Morgan fingerprint density at radius 2 is 1.09 bits per heavy atom. The highest BCUT2D eigenvalue weighted by Crippen LogP contribution is 2.43. The summed E-state index contributed by atoms with van der Waals surface area (Å²) in [6, 6.07) is 0. The average molecular weight is 691 g/mol. The second-order valence-corrected chi connectivity index (χ2v) is 15.4. The van der Waals surface area contributed by atoms with E-state index in [0.717, 1.165) is 51.4 Å². The summed E-state index contributed by atoms with van der Waals surface area (Å²) in [7, 11) is 1.47. The quantitative estimate of drug-likeness (QED) is 0.0234. The number of likely N-dealkylation sites (N-methyl/N-ethyl adjacent to an activating group) is 1. The highest BCUT2D eigenvalue weighted by atomic mass is 31.2. The molecule has 0 fully saturated rings. The van der Waals surface area contributed by atoms with Gasteiger partial charge in [-0.15, -0.1) is 0 Å². The Kier molecular flexibility index (Phi) is 30.0. The van der Waals surface area contributed by atoms with E-state index in [9.17, 15) is 19.0 Å². The van der Waals surface area contributed by atoms with E-state index in [0.29, 0.717) is 23.9 Å². The lowest BCUT2D eigenvalue weighted by Crippen LogP contribution is -2.37. The highest BCUT2D eigenvalue weighted by Gasteiger charge is 2.27. The highest BCUT2D eigenvalue weighted by molar-refractivity contribution is 7.47. The minimum atomic E-state index is -4.36. The Morgan fingerprint density at radius 1 is 0.638 bits per heavy atom. The third-order valence-electron chi connectivity index (χ3n) is 8.05. The van der Waals surface area contributed by atoms with Gasteiger partial charge in [-0.05, 0) is 38.5 Å². The van der Waals surface area contributed by atoms with Crippen LogP contribution >= 0.6 is 7.82 Å². The Hall–Kier alpha value is -1.25. The van der Waals surface area contributed by atoms with Gasteiger partial charge in [0.2, 0.25) is 0 Å². The fourth-order valence-electron chi connectivity index (χ4n) is 5.01. The molecule has 1 N–H and O–H groups in total. The Balaban J connectivity index is 4.46. The molecule has 9 nitrogen and oxygen atoms in total. The van der Waals surface area contributed by atoms with Crippen molar-refractivity contribution in [3.05, 3.63) is 12.2 Å². The molecule has 1 unspecified atom stereocenters. The number of quaternary nitrogens is 1. The van der Waals surface area contributed by atoms with Crippen LogP contribution in [0.25, 0.3) is 0 Å². The molecule has 0 saturated heterocycles. The maximum Gasteiger partial charge on any atom is 0.472 e. The fraction of sp³-hybridized carbons (Fsp3) is 0.892. The molecule has 0 aliphatic carbocycles. The van der Waals surface area contributed by atoms with Gasteiger partial charge in [-0.25, -0.2) is 4.57 Å². The average Bonchev–Trinajstić information content (AvgIpc) is 3.01. The first-order valence-corrected chi connectivity index (χ1v) is 20.4. The molecule has 0 amide bonds. The second kappa shape index (κ2) is 30.8. The number of rotatable bonds is 34. The Labute approximate surface area is 288 Å². The van der Waals surface area contributed by atoms with Crippen LogP contribution < -0.4 is 0 Å². The normalized spacial score (nSPS) is 13.9. The summed E-state index contributed by atoms with van der Waals surface area (Å²) in [6.07, 6.45) is 28.3. The smallest absolute Gasteiger partial charge is 0.462 e. The number of phosphoric acid groups is 1. The molecule has 0 radical (unpaired) electrons. The van der Waals surface area contributed by atoms with Crippen molar-refractivity contribution in [3.63, 3.8) is 0 Å². The summed E-state index contributed by atoms with van der Waals surface area (Å²) >= 11 is 0. The van der Waals surface area contributed by atoms with E-state index in [1.807, 2.05) is 21.1 Å². The van der Waals surface area contributed by atoms with E-state index >= 15 is 0 Å². The first-order chi connectivity index (χ1) is 22.5. The Bertz CT molecular complexity index is 830. The van der Waals surface area contributed by atoms with Crippen LogP contribution in [0.15, 0.2) is 12.2 Å². The van der Waals surface area contributed by atoms with Crippen molar-refractivity contribution in [2.45, 2.75) is 168 Å². The molecule has 0 aromatic carbocycles. The molecule has 0 aliphatic rings. The van der Waals surface area contributed by atoms with Crippen molar-refractivity contribution in [1.82, 2.24) is 0 Å². The topological polar surface area (TPSA) is 108 Å². The molecule has 0 aromatic heterocycles. The minimum absolute atomic E-state index is 0.0327. The molecular weight excluding hydrogens is 617 g/mol. The van der Waals surface area contributed by atoms with Crippen molar-refractivity contribution in [3.8, 4) is 0 Å². The van der Waals surface area contributed by atoms with Crippen LogP contribution in [0.3, 0.4) is 0 Å². The van der Waals surface area contributed by atoms with Crippen molar-refractivity contribution in [2.75, 3.05) is 47.5 Å². The number of hydrogen-bond donors (Lipinski definition) is 1. The number of carbonyl (C=O) groups is 2. The van der Waals surface area contributed by atoms with Gasteiger partial charge >= 0.3 is 19.8 Å². The van der Waals surface area contributed by atoms with Crippen molar-refractivity contribution < 1.29 is 42.1 Å². The summed E-state index contributed by atoms with van der Waals surface area (Å²) in [4.78, 5) is 35.1. The number of unbranched alkanes of at least 4 members (excludes halogenated alkanes) is 18. The number of allylic oxidation sites excluding steroid dienone is 2. The zero-order valence-corrected chi connectivity index (χ0v) is 31.9. The van der Waals surface area contributed by atoms with Gasteiger partial charge in [-0.3, -0.25) is 18.6 Å². The molecule has 47 heavy (non-hydrogen) atoms. The second-order valence-electron chi connectivity index (χ2n) is 14.0. The number of hydrogen-bond acceptors (Lipinski definition) is 7. The molecule has 278 valence electrons. The van der Waals surface area contributed by atoms with Gasteiger partial charge in [0.1, 0.15) is 19.8 Å². The maximum absolute atomic E-state index is 12.6. The third kappa shape index (κ3) is 34.4. The molecule has 0 aliphatic heterocycles. The molecule has 0 rings (SSSR count). The summed E-state index contributed by atoms with van der Waals surface area (Å²) in [6.45, 7) is 4.37. The summed E-state index contributed by atoms with van der Waals surface area (Å²) in [5.74, 6) is -0.807. The minimum Gasteiger partial charge on any atom is -0.462 e. The first kappa shape index (κ1) is 45.8. The molecule has 0 bridgehead atoms. The molecular formula is C37H73NO8P+. The van der Waals surface area contributed by atoms with Crippen molar-refractivity contribution in [1.29, 1.82) is 0 Å². The SMILES string of the molecule is CCCCC/C=C/CCCCCCCC(=O)O[C@H](COC(=O)CCCCCCCCCCCCC)COP(=O)(O)OCC[N+](C)(C)C. The van der Waals surface area contributed by atoms with Gasteiger partial charge in [-0.2, -0.15) is 0 Å². The van der Waals surface area contributed by atoms with Gasteiger partial charge in [0, 0.05) is 12.8 Å². The molecule has 10 heteroatoms. The number of carbonyl (C=O) groups excluding carboxylic acids is 2. The van der Waals surface area contributed by atoms with Crippen LogP contribution in [-0.2, 0) is 32.7 Å². The zero-order chi connectivity index (χ0) is 35.1. The molecule has 0 heterocycles. The van der Waals surface area contributed by atoms with Crippen molar-refractivity contribution in [2.24, 2.45) is 0 Å². The van der Waals surface area contributed by atoms with Crippen LogP contribution in [0, 0.1) is 0 Å². The first-order valence-electron chi connectivity index (χ1n) is 18.9. The van der Waals surface area contributed by atoms with E-state index in [1.54, 1.807) is 0 Å². The lowest BCUT2D eigenvalue weighted by molar-refractivity contribution is -0.870. The maximum atomic E-state index is 12.6. The lowest BCUT2D eigenvalue weighted by Gasteiger charge is -2.24. The van der Waals surface area contributed by atoms with Gasteiger partial charge in [-0.1, -0.05) is 122 Å². The van der Waals surface area contributed by atoms with Crippen LogP contribution in [0.5, 0.6) is 0 Å². The predicted molar refractivity (Wildman–Crippen MR) is 192 cm³/mol. The van der Waals surface area contributed by atoms with E-state index in [1.165, 1.54) is 77.0 Å². The zero-order valence-electron chi connectivity index (χ0n) is 31.0. The van der Waals surface area contributed by atoms with Crippen LogP contribution in [0.1, 0.15) is 162 Å². The van der Waals surface area contributed by atoms with E-state index in [-0.39, 0.29) is 25.6 Å². The summed E-state index contributed by atoms with van der Waals surface area (Å²) in [5.41, 5.74) is 0. The number of ether oxygens (including phenoxy) is 2. The fourth-order valence-corrected chi connectivity index (χ4v) is 5.75. The largest absolute Gasteiger partial charge is 0.472 e. The third-order valence-corrected chi connectivity index (χ3v) is 9.03. The summed E-state index contributed by atoms with van der Waals surface area (Å²) < 4.78 is 34.1. The van der Waals surface area contributed by atoms with Crippen LogP contribution in [0.2, 0.25) is 0 Å². The van der Waals surface area contributed by atoms with E-state index in [2.05, 4.69) is 26.0 Å². The van der Waals surface area contributed by atoms with Gasteiger partial charge in [0.15, 0.2) is 6.10 Å². The predicted octanol–water partition coefficient (Wildman–Crippen LogP) is 9.85. The van der Waals surface area contributed by atoms with Crippen LogP contribution in [-0.4, -0.2) is 74.9 Å². The summed E-state index contributed by atoms with van der Waals surface area (Å²) in [5, 5.41) is 0. The van der Waals surface area contributed by atoms with Gasteiger partial charge < -0.3 is 18.9 Å². The Morgan fingerprint density at radius 3 is 1.62 bits per heavy atom.